The Labute approximate surface area is 205 Å². The number of hydrogen-bond acceptors (Lipinski definition) is 7. The highest BCUT2D eigenvalue weighted by molar-refractivity contribution is 7.09. The van der Waals surface area contributed by atoms with Gasteiger partial charge in [0.05, 0.1) is 12.0 Å². The van der Waals surface area contributed by atoms with E-state index >= 15 is 0 Å². The lowest BCUT2D eigenvalue weighted by atomic mass is 9.95. The lowest BCUT2D eigenvalue weighted by molar-refractivity contribution is -0.148. The van der Waals surface area contributed by atoms with Gasteiger partial charge in [-0.15, -0.1) is 11.3 Å². The largest absolute Gasteiger partial charge is 0.455 e. The van der Waals surface area contributed by atoms with Gasteiger partial charge in [0.15, 0.2) is 6.10 Å². The Morgan fingerprint density at radius 1 is 1.26 bits per heavy atom. The summed E-state index contributed by atoms with van der Waals surface area (Å²) in [6.07, 6.45) is 5.18. The van der Waals surface area contributed by atoms with Crippen molar-refractivity contribution in [2.45, 2.75) is 72.4 Å². The van der Waals surface area contributed by atoms with Crippen molar-refractivity contribution in [1.29, 1.82) is 0 Å². The second-order valence-electron chi connectivity index (χ2n) is 9.00. The number of thiazole rings is 1. The molecule has 0 aliphatic heterocycles. The van der Waals surface area contributed by atoms with Gasteiger partial charge in [-0.1, -0.05) is 34.1 Å². The van der Waals surface area contributed by atoms with Crippen LogP contribution in [0, 0.1) is 11.8 Å². The average molecular weight is 492 g/mol. The molecule has 10 heteroatoms. The molecule has 0 saturated heterocycles. The van der Waals surface area contributed by atoms with Gasteiger partial charge in [-0.05, 0) is 11.8 Å². The zero-order valence-electron chi connectivity index (χ0n) is 21.0. The first-order chi connectivity index (χ1) is 16.1. The molecule has 0 fully saturated rings. The maximum atomic E-state index is 12.8. The molecule has 2 aromatic rings. The van der Waals surface area contributed by atoms with Crippen molar-refractivity contribution < 1.29 is 19.1 Å². The topological polar surface area (TPSA) is 117 Å². The van der Waals surface area contributed by atoms with Crippen LogP contribution in [0.1, 0.15) is 81.2 Å². The standard InChI is InChI=1S/C24H37N5O4S/c1-7-16(4)10-22(31)29(6)20(15(2)3)11-21(33-17(5)30)24-28-19(13-34-24)23(32)26-9-8-18-12-25-14-27-18/h12-16,20-21H,7-11H2,1-6H3,(H,25,27)(H,26,32)/t16-,20+,21+/m0/s1. The summed E-state index contributed by atoms with van der Waals surface area (Å²) >= 11 is 1.28. The lowest BCUT2D eigenvalue weighted by Gasteiger charge is -2.34. The van der Waals surface area contributed by atoms with Gasteiger partial charge in [-0.25, -0.2) is 9.97 Å². The van der Waals surface area contributed by atoms with Crippen LogP contribution in [0.15, 0.2) is 17.9 Å². The van der Waals surface area contributed by atoms with E-state index < -0.39 is 12.1 Å². The number of hydrogen-bond donors (Lipinski definition) is 2. The zero-order valence-corrected chi connectivity index (χ0v) is 21.8. The zero-order chi connectivity index (χ0) is 25.3. The molecule has 2 rings (SSSR count). The quantitative estimate of drug-likeness (QED) is 0.412. The SMILES string of the molecule is CC[C@H](C)CC(=O)N(C)[C@H](C[C@@H](OC(C)=O)c1nc(C(=O)NCCc2c[nH]cn2)cs1)C(C)C. The molecule has 0 aliphatic carbocycles. The minimum absolute atomic E-state index is 0.0748. The van der Waals surface area contributed by atoms with E-state index in [-0.39, 0.29) is 29.5 Å². The van der Waals surface area contributed by atoms with E-state index in [9.17, 15) is 14.4 Å². The molecule has 0 spiro atoms. The fraction of sp³-hybridized carbons (Fsp3) is 0.625. The fourth-order valence-electron chi connectivity index (χ4n) is 3.63. The van der Waals surface area contributed by atoms with E-state index in [1.165, 1.54) is 18.3 Å². The number of imidazole rings is 1. The van der Waals surface area contributed by atoms with Crippen LogP contribution < -0.4 is 5.32 Å². The second kappa shape index (κ2) is 13.2. The number of rotatable bonds is 13. The van der Waals surface area contributed by atoms with Crippen molar-refractivity contribution in [3.8, 4) is 0 Å². The molecule has 2 amide bonds. The van der Waals surface area contributed by atoms with Crippen molar-refractivity contribution in [1.82, 2.24) is 25.2 Å². The molecule has 0 unspecified atom stereocenters. The van der Waals surface area contributed by atoms with Gasteiger partial charge in [-0.3, -0.25) is 14.4 Å². The van der Waals surface area contributed by atoms with Crippen molar-refractivity contribution in [2.24, 2.45) is 11.8 Å². The Bertz CT molecular complexity index is 928. The summed E-state index contributed by atoms with van der Waals surface area (Å²) in [7, 11) is 1.81. The number of aromatic amines is 1. The van der Waals surface area contributed by atoms with E-state index in [0.29, 0.717) is 36.7 Å². The highest BCUT2D eigenvalue weighted by atomic mass is 32.1. The normalized spacial score (nSPS) is 13.9. The van der Waals surface area contributed by atoms with Crippen LogP contribution in [0.4, 0.5) is 0 Å². The molecule has 9 nitrogen and oxygen atoms in total. The number of amides is 2. The van der Waals surface area contributed by atoms with Gasteiger partial charge in [0.25, 0.3) is 5.91 Å². The number of aromatic nitrogens is 3. The van der Waals surface area contributed by atoms with Gasteiger partial charge in [-0.2, -0.15) is 0 Å². The number of nitrogens with zero attached hydrogens (tertiary/aromatic N) is 3. The summed E-state index contributed by atoms with van der Waals surface area (Å²) in [5.74, 6) is -0.193. The minimum Gasteiger partial charge on any atom is -0.455 e. The third-order valence-corrected chi connectivity index (χ3v) is 6.83. The third-order valence-electron chi connectivity index (χ3n) is 5.90. The molecule has 0 bridgehead atoms. The molecule has 3 atom stereocenters. The molecule has 2 aromatic heterocycles. The number of carbonyl (C=O) groups excluding carboxylic acids is 3. The fourth-order valence-corrected chi connectivity index (χ4v) is 4.47. The van der Waals surface area contributed by atoms with Crippen molar-refractivity contribution in [3.05, 3.63) is 34.3 Å². The van der Waals surface area contributed by atoms with Gasteiger partial charge in [0.2, 0.25) is 5.91 Å². The summed E-state index contributed by atoms with van der Waals surface area (Å²) < 4.78 is 5.60. The van der Waals surface area contributed by atoms with Crippen LogP contribution in [-0.2, 0) is 20.7 Å². The molecule has 2 N–H and O–H groups in total. The Morgan fingerprint density at radius 3 is 2.59 bits per heavy atom. The van der Waals surface area contributed by atoms with Crippen LogP contribution in [0.25, 0.3) is 0 Å². The van der Waals surface area contributed by atoms with Crippen molar-refractivity contribution >= 4 is 29.1 Å². The van der Waals surface area contributed by atoms with Crippen molar-refractivity contribution in [2.75, 3.05) is 13.6 Å². The van der Waals surface area contributed by atoms with Gasteiger partial charge in [0, 0.05) is 57.4 Å². The number of esters is 1. The Balaban J connectivity index is 2.09. The van der Waals surface area contributed by atoms with Crippen LogP contribution >= 0.6 is 11.3 Å². The maximum Gasteiger partial charge on any atom is 0.303 e. The van der Waals surface area contributed by atoms with Gasteiger partial charge in [0.1, 0.15) is 10.7 Å². The average Bonchev–Trinajstić information content (AvgIpc) is 3.47. The summed E-state index contributed by atoms with van der Waals surface area (Å²) in [4.78, 5) is 50.4. The van der Waals surface area contributed by atoms with Crippen LogP contribution in [0.2, 0.25) is 0 Å². The molecule has 34 heavy (non-hydrogen) atoms. The van der Waals surface area contributed by atoms with E-state index in [2.05, 4.69) is 34.1 Å². The highest BCUT2D eigenvalue weighted by Crippen LogP contribution is 2.30. The summed E-state index contributed by atoms with van der Waals surface area (Å²) in [6, 6.07) is -0.143. The highest BCUT2D eigenvalue weighted by Gasteiger charge is 2.31. The van der Waals surface area contributed by atoms with E-state index in [1.807, 2.05) is 13.8 Å². The number of carbonyl (C=O) groups is 3. The summed E-state index contributed by atoms with van der Waals surface area (Å²) in [6.45, 7) is 10.0. The van der Waals surface area contributed by atoms with Gasteiger partial charge < -0.3 is 19.9 Å². The Morgan fingerprint density at radius 2 is 2.00 bits per heavy atom. The first kappa shape index (κ1) is 27.5. The minimum atomic E-state index is -0.639. The first-order valence-electron chi connectivity index (χ1n) is 11.8. The lowest BCUT2D eigenvalue weighted by Crippen LogP contribution is -2.42. The summed E-state index contributed by atoms with van der Waals surface area (Å²) in [5, 5.41) is 5.04. The molecular weight excluding hydrogens is 454 g/mol. The number of H-pyrrole nitrogens is 1. The van der Waals surface area contributed by atoms with E-state index in [4.69, 9.17) is 4.74 Å². The first-order valence-corrected chi connectivity index (χ1v) is 12.6. The van der Waals surface area contributed by atoms with Gasteiger partial charge >= 0.3 is 5.97 Å². The molecular formula is C24H37N5O4S. The van der Waals surface area contributed by atoms with Crippen LogP contribution in [0.3, 0.4) is 0 Å². The van der Waals surface area contributed by atoms with E-state index in [0.717, 1.165) is 12.1 Å². The molecule has 188 valence electrons. The predicted molar refractivity (Wildman–Crippen MR) is 131 cm³/mol. The summed E-state index contributed by atoms with van der Waals surface area (Å²) in [5.41, 5.74) is 1.14. The predicted octanol–water partition coefficient (Wildman–Crippen LogP) is 3.75. The van der Waals surface area contributed by atoms with Crippen LogP contribution in [-0.4, -0.2) is 57.3 Å². The number of ether oxygens (including phenoxy) is 1. The monoisotopic (exact) mass is 491 g/mol. The Hall–Kier alpha value is -2.75. The second-order valence-corrected chi connectivity index (χ2v) is 9.89. The maximum absolute atomic E-state index is 12.8. The molecule has 2 heterocycles. The molecule has 0 aromatic carbocycles. The number of nitrogens with one attached hydrogen (secondary N) is 2. The van der Waals surface area contributed by atoms with Crippen molar-refractivity contribution in [3.63, 3.8) is 0 Å². The third kappa shape index (κ3) is 8.23. The van der Waals surface area contributed by atoms with E-state index in [1.54, 1.807) is 29.9 Å². The molecule has 0 radical (unpaired) electrons. The molecule has 0 saturated carbocycles. The van der Waals surface area contributed by atoms with Crippen LogP contribution in [0.5, 0.6) is 0 Å². The smallest absolute Gasteiger partial charge is 0.303 e. The Kier molecular flexibility index (Phi) is 10.7. The molecule has 0 aliphatic rings.